The normalized spacial score (nSPS) is 10.6. The van der Waals surface area contributed by atoms with E-state index in [9.17, 15) is 0 Å². The van der Waals surface area contributed by atoms with Crippen molar-refractivity contribution in [2.75, 3.05) is 21.3 Å². The van der Waals surface area contributed by atoms with Crippen molar-refractivity contribution in [3.63, 3.8) is 0 Å². The van der Waals surface area contributed by atoms with Crippen LogP contribution in [0.4, 0.5) is 0 Å². The molecule has 2 aromatic carbocycles. The number of rotatable bonds is 4. The number of ether oxygens (including phenoxy) is 3. The number of fused-ring (bicyclic) bond motifs is 1. The van der Waals surface area contributed by atoms with E-state index in [1.54, 1.807) is 21.3 Å². The Morgan fingerprint density at radius 1 is 0.826 bits per heavy atom. The Morgan fingerprint density at radius 2 is 1.61 bits per heavy atom. The maximum atomic E-state index is 5.45. The molecular weight excluding hydrogens is 358 g/mol. The topological polar surface area (TPSA) is 40.6 Å². The van der Waals surface area contributed by atoms with Crippen molar-refractivity contribution in [3.05, 3.63) is 46.9 Å². The summed E-state index contributed by atoms with van der Waals surface area (Å²) in [5.74, 6) is 2.22. The van der Waals surface area contributed by atoms with Gasteiger partial charge in [-0.05, 0) is 46.3 Å². The first-order valence-electron chi connectivity index (χ1n) is 7.03. The van der Waals surface area contributed by atoms with Crippen LogP contribution in [-0.4, -0.2) is 26.3 Å². The van der Waals surface area contributed by atoms with Crippen molar-refractivity contribution in [3.8, 4) is 28.5 Å². The minimum absolute atomic E-state index is 0.689. The number of hydrogen-bond donors (Lipinski definition) is 0. The second-order valence-corrected chi connectivity index (χ2v) is 5.80. The number of halogens is 1. The van der Waals surface area contributed by atoms with Crippen molar-refractivity contribution < 1.29 is 14.2 Å². The summed E-state index contributed by atoms with van der Waals surface area (Å²) < 4.78 is 16.9. The van der Waals surface area contributed by atoms with E-state index in [1.807, 2.05) is 42.5 Å². The number of methoxy groups -OCH3 is 3. The molecule has 0 aliphatic rings. The van der Waals surface area contributed by atoms with Gasteiger partial charge in [-0.1, -0.05) is 6.07 Å². The Labute approximate surface area is 143 Å². The van der Waals surface area contributed by atoms with Crippen molar-refractivity contribution >= 4 is 26.8 Å². The van der Waals surface area contributed by atoms with Crippen LogP contribution < -0.4 is 14.2 Å². The van der Waals surface area contributed by atoms with Crippen LogP contribution in [0.3, 0.4) is 0 Å². The molecule has 0 unspecified atom stereocenters. The van der Waals surface area contributed by atoms with E-state index in [4.69, 9.17) is 19.2 Å². The van der Waals surface area contributed by atoms with E-state index in [2.05, 4.69) is 15.9 Å². The highest BCUT2D eigenvalue weighted by Crippen LogP contribution is 2.34. The molecule has 0 saturated heterocycles. The van der Waals surface area contributed by atoms with Gasteiger partial charge in [0, 0.05) is 17.0 Å². The fraction of sp³-hybridized carbons (Fsp3) is 0.167. The molecule has 0 atom stereocenters. The molecule has 0 N–H and O–H groups in total. The van der Waals surface area contributed by atoms with Crippen LogP contribution in [0.1, 0.15) is 0 Å². The molecule has 118 valence electrons. The van der Waals surface area contributed by atoms with Crippen LogP contribution in [0, 0.1) is 0 Å². The molecule has 0 bridgehead atoms. The molecule has 4 nitrogen and oxygen atoms in total. The molecule has 0 spiro atoms. The van der Waals surface area contributed by atoms with Crippen LogP contribution in [0.2, 0.25) is 0 Å². The predicted molar refractivity (Wildman–Crippen MR) is 94.5 cm³/mol. The van der Waals surface area contributed by atoms with E-state index >= 15 is 0 Å². The van der Waals surface area contributed by atoms with E-state index < -0.39 is 0 Å². The molecule has 5 heteroatoms. The summed E-state index contributed by atoms with van der Waals surface area (Å²) in [7, 11) is 4.91. The van der Waals surface area contributed by atoms with Crippen LogP contribution in [0.5, 0.6) is 17.2 Å². The lowest BCUT2D eigenvalue weighted by atomic mass is 10.1. The SMILES string of the molecule is COc1cc(OC)c2nc(-c3ccc(OC)c(Br)c3)ccc2c1. The standard InChI is InChI=1S/C18H16BrNO3/c1-21-13-8-12-4-6-15(20-18(12)17(10-13)23-3)11-5-7-16(22-2)14(19)9-11/h4-10H,1-3H3. The quantitative estimate of drug-likeness (QED) is 0.664. The van der Waals surface area contributed by atoms with Crippen LogP contribution >= 0.6 is 15.9 Å². The van der Waals surface area contributed by atoms with Crippen molar-refractivity contribution in [1.82, 2.24) is 4.98 Å². The van der Waals surface area contributed by atoms with Gasteiger partial charge >= 0.3 is 0 Å². The van der Waals surface area contributed by atoms with Gasteiger partial charge in [-0.3, -0.25) is 0 Å². The molecular formula is C18H16BrNO3. The fourth-order valence-corrected chi connectivity index (χ4v) is 2.98. The molecule has 0 saturated carbocycles. The first-order chi connectivity index (χ1) is 11.2. The molecule has 0 amide bonds. The number of pyridine rings is 1. The third kappa shape index (κ3) is 2.97. The second-order valence-electron chi connectivity index (χ2n) is 4.95. The number of benzene rings is 2. The number of hydrogen-bond acceptors (Lipinski definition) is 4. The third-order valence-electron chi connectivity index (χ3n) is 3.63. The molecule has 23 heavy (non-hydrogen) atoms. The third-order valence-corrected chi connectivity index (χ3v) is 4.25. The molecule has 0 radical (unpaired) electrons. The molecule has 3 rings (SSSR count). The van der Waals surface area contributed by atoms with Gasteiger partial charge in [-0.2, -0.15) is 0 Å². The van der Waals surface area contributed by atoms with Gasteiger partial charge in [0.1, 0.15) is 22.8 Å². The summed E-state index contributed by atoms with van der Waals surface area (Å²) in [4.78, 5) is 4.75. The number of nitrogens with zero attached hydrogens (tertiary/aromatic N) is 1. The summed E-state index contributed by atoms with van der Waals surface area (Å²) in [5.41, 5.74) is 2.67. The van der Waals surface area contributed by atoms with Crippen LogP contribution in [-0.2, 0) is 0 Å². The van der Waals surface area contributed by atoms with Gasteiger partial charge in [0.15, 0.2) is 0 Å². The van der Waals surface area contributed by atoms with E-state index in [-0.39, 0.29) is 0 Å². The lowest BCUT2D eigenvalue weighted by molar-refractivity contribution is 0.397. The summed E-state index contributed by atoms with van der Waals surface area (Å²) in [6, 6.07) is 13.7. The monoisotopic (exact) mass is 373 g/mol. The first kappa shape index (κ1) is 15.6. The summed E-state index contributed by atoms with van der Waals surface area (Å²) in [6.45, 7) is 0. The largest absolute Gasteiger partial charge is 0.497 e. The average molecular weight is 374 g/mol. The predicted octanol–water partition coefficient (Wildman–Crippen LogP) is 4.69. The van der Waals surface area contributed by atoms with Crippen LogP contribution in [0.25, 0.3) is 22.2 Å². The van der Waals surface area contributed by atoms with E-state index in [1.165, 1.54) is 0 Å². The molecule has 1 aromatic heterocycles. The van der Waals surface area contributed by atoms with Crippen molar-refractivity contribution in [2.24, 2.45) is 0 Å². The smallest absolute Gasteiger partial charge is 0.148 e. The van der Waals surface area contributed by atoms with Gasteiger partial charge in [-0.25, -0.2) is 4.98 Å². The average Bonchev–Trinajstić information content (AvgIpc) is 2.60. The Kier molecular flexibility index (Phi) is 4.39. The molecule has 0 fully saturated rings. The Balaban J connectivity index is 2.14. The minimum Gasteiger partial charge on any atom is -0.497 e. The van der Waals surface area contributed by atoms with Gasteiger partial charge in [0.05, 0.1) is 31.5 Å². The zero-order chi connectivity index (χ0) is 16.4. The Morgan fingerprint density at radius 3 is 2.26 bits per heavy atom. The Hall–Kier alpha value is -2.27. The summed E-state index contributed by atoms with van der Waals surface area (Å²) >= 11 is 3.51. The fourth-order valence-electron chi connectivity index (χ4n) is 2.44. The lowest BCUT2D eigenvalue weighted by Crippen LogP contribution is -1.93. The molecule has 0 aliphatic carbocycles. The van der Waals surface area contributed by atoms with Gasteiger partial charge in [0.25, 0.3) is 0 Å². The second kappa shape index (κ2) is 6.46. The lowest BCUT2D eigenvalue weighted by Gasteiger charge is -2.10. The van der Waals surface area contributed by atoms with Gasteiger partial charge < -0.3 is 14.2 Å². The van der Waals surface area contributed by atoms with Crippen LogP contribution in [0.15, 0.2) is 46.9 Å². The summed E-state index contributed by atoms with van der Waals surface area (Å²) in [5, 5.41) is 0.970. The highest BCUT2D eigenvalue weighted by Gasteiger charge is 2.10. The zero-order valence-corrected chi connectivity index (χ0v) is 14.7. The molecule has 3 aromatic rings. The zero-order valence-electron chi connectivity index (χ0n) is 13.1. The first-order valence-corrected chi connectivity index (χ1v) is 7.82. The molecule has 0 aliphatic heterocycles. The summed E-state index contributed by atoms with van der Waals surface area (Å²) in [6.07, 6.45) is 0. The van der Waals surface area contributed by atoms with Crippen molar-refractivity contribution in [1.29, 1.82) is 0 Å². The Bertz CT molecular complexity index is 864. The van der Waals surface area contributed by atoms with E-state index in [0.717, 1.165) is 38.1 Å². The maximum absolute atomic E-state index is 5.45. The number of aromatic nitrogens is 1. The highest BCUT2D eigenvalue weighted by molar-refractivity contribution is 9.10. The highest BCUT2D eigenvalue weighted by atomic mass is 79.9. The van der Waals surface area contributed by atoms with E-state index in [0.29, 0.717) is 5.75 Å². The van der Waals surface area contributed by atoms with Gasteiger partial charge in [-0.15, -0.1) is 0 Å². The molecule has 1 heterocycles. The van der Waals surface area contributed by atoms with Crippen molar-refractivity contribution in [2.45, 2.75) is 0 Å². The van der Waals surface area contributed by atoms with Gasteiger partial charge in [0.2, 0.25) is 0 Å². The maximum Gasteiger partial charge on any atom is 0.148 e. The minimum atomic E-state index is 0.689.